The van der Waals surface area contributed by atoms with E-state index < -0.39 is 28.3 Å². The Balaban J connectivity index is 1.62. The van der Waals surface area contributed by atoms with Crippen LogP contribution in [-0.2, 0) is 16.4 Å². The molecule has 1 aliphatic heterocycles. The van der Waals surface area contributed by atoms with Crippen molar-refractivity contribution in [3.05, 3.63) is 54.1 Å². The highest BCUT2D eigenvalue weighted by Crippen LogP contribution is 2.31. The molecule has 3 aromatic rings. The highest BCUT2D eigenvalue weighted by atomic mass is 32.2. The summed E-state index contributed by atoms with van der Waals surface area (Å²) in [5, 5.41) is 27.6. The first-order chi connectivity index (χ1) is 17.6. The highest BCUT2D eigenvalue weighted by molar-refractivity contribution is 7.89. The molecule has 2 atom stereocenters. The third-order valence-corrected chi connectivity index (χ3v) is 8.32. The van der Waals surface area contributed by atoms with Crippen LogP contribution < -0.4 is 10.2 Å². The van der Waals surface area contributed by atoms with E-state index in [0.29, 0.717) is 16.8 Å². The summed E-state index contributed by atoms with van der Waals surface area (Å²) >= 11 is 0. The van der Waals surface area contributed by atoms with Gasteiger partial charge in [-0.1, -0.05) is 49.3 Å². The van der Waals surface area contributed by atoms with Gasteiger partial charge in [0.2, 0.25) is 10.0 Å². The van der Waals surface area contributed by atoms with Gasteiger partial charge in [-0.25, -0.2) is 13.2 Å². The second-order valence-corrected chi connectivity index (χ2v) is 11.8. The van der Waals surface area contributed by atoms with E-state index in [1.54, 1.807) is 12.1 Å². The third-order valence-electron chi connectivity index (χ3n) is 6.50. The van der Waals surface area contributed by atoms with Crippen LogP contribution in [0.1, 0.15) is 32.3 Å². The summed E-state index contributed by atoms with van der Waals surface area (Å²) in [6.45, 7) is 5.35. The fraction of sp³-hybridized carbons (Fsp3) is 0.462. The number of aromatic nitrogens is 1. The molecule has 1 amide bonds. The molecule has 0 bridgehead atoms. The van der Waals surface area contributed by atoms with Gasteiger partial charge < -0.3 is 25.0 Å². The van der Waals surface area contributed by atoms with Gasteiger partial charge in [-0.2, -0.15) is 4.31 Å². The summed E-state index contributed by atoms with van der Waals surface area (Å²) in [6.07, 6.45) is -0.257. The number of benzene rings is 2. The molecule has 2 heterocycles. The zero-order chi connectivity index (χ0) is 26.6. The number of aliphatic hydroxyl groups excluding tert-OH is 1. The standard InChI is InChI=1S/C26H34N4O6S/c1-18(2)16-30(17-23(31)22(27-26(32)33)14-19-8-4-3-5-9-19)37(34,35)20-10-11-24-21(15-20)25(28-36-24)29-12-6-7-13-29/h3-5,8-11,15,18,22-23,27,31H,6-7,12-14,16-17H2,1-2H3,(H,32,33). The van der Waals surface area contributed by atoms with Gasteiger partial charge in [-0.05, 0) is 48.9 Å². The summed E-state index contributed by atoms with van der Waals surface area (Å²) in [4.78, 5) is 13.6. The largest absolute Gasteiger partial charge is 0.465 e. The van der Waals surface area contributed by atoms with Crippen LogP contribution in [0.3, 0.4) is 0 Å². The van der Waals surface area contributed by atoms with E-state index in [-0.39, 0.29) is 30.3 Å². The predicted octanol–water partition coefficient (Wildman–Crippen LogP) is 3.31. The average Bonchev–Trinajstić information content (AvgIpc) is 3.52. The van der Waals surface area contributed by atoms with E-state index in [0.717, 1.165) is 31.5 Å². The van der Waals surface area contributed by atoms with Crippen molar-refractivity contribution < 1.29 is 27.9 Å². The van der Waals surface area contributed by atoms with Gasteiger partial charge in [0.25, 0.3) is 0 Å². The van der Waals surface area contributed by atoms with Crippen molar-refractivity contribution in [1.29, 1.82) is 0 Å². The van der Waals surface area contributed by atoms with Gasteiger partial charge in [0.15, 0.2) is 11.4 Å². The van der Waals surface area contributed by atoms with Crippen molar-refractivity contribution >= 4 is 32.9 Å². The predicted molar refractivity (Wildman–Crippen MR) is 140 cm³/mol. The molecule has 4 rings (SSSR count). The van der Waals surface area contributed by atoms with Crippen molar-refractivity contribution in [3.63, 3.8) is 0 Å². The Morgan fingerprint density at radius 1 is 1.14 bits per heavy atom. The van der Waals surface area contributed by atoms with Crippen molar-refractivity contribution in [2.24, 2.45) is 5.92 Å². The number of fused-ring (bicyclic) bond motifs is 1. The SMILES string of the molecule is CC(C)CN(CC(O)C(Cc1ccccc1)NC(=O)O)S(=O)(=O)c1ccc2onc(N3CCCC3)c2c1. The Morgan fingerprint density at radius 2 is 1.84 bits per heavy atom. The number of sulfonamides is 1. The maximum Gasteiger partial charge on any atom is 0.404 e. The molecule has 2 aromatic carbocycles. The number of nitrogens with zero attached hydrogens (tertiary/aromatic N) is 3. The number of anilines is 1. The maximum atomic E-state index is 13.8. The van der Waals surface area contributed by atoms with Gasteiger partial charge in [-0.15, -0.1) is 0 Å². The minimum atomic E-state index is -4.03. The topological polar surface area (TPSA) is 136 Å². The van der Waals surface area contributed by atoms with Crippen LogP contribution in [0.5, 0.6) is 0 Å². The monoisotopic (exact) mass is 530 g/mol. The van der Waals surface area contributed by atoms with Gasteiger partial charge in [-0.3, -0.25) is 0 Å². The molecule has 1 aromatic heterocycles. The Hall–Kier alpha value is -3.15. The van der Waals surface area contributed by atoms with Crippen LogP contribution in [0, 0.1) is 5.92 Å². The fourth-order valence-corrected chi connectivity index (χ4v) is 6.34. The maximum absolute atomic E-state index is 13.8. The number of carbonyl (C=O) groups is 1. The number of amides is 1. The lowest BCUT2D eigenvalue weighted by molar-refractivity contribution is 0.0980. The van der Waals surface area contributed by atoms with Crippen LogP contribution in [0.4, 0.5) is 10.6 Å². The van der Waals surface area contributed by atoms with Crippen LogP contribution in [-0.4, -0.2) is 72.5 Å². The number of nitrogens with one attached hydrogen (secondary N) is 1. The molecule has 0 saturated carbocycles. The number of hydrogen-bond acceptors (Lipinski definition) is 7. The summed E-state index contributed by atoms with van der Waals surface area (Å²) in [5.41, 5.74) is 1.33. The first-order valence-electron chi connectivity index (χ1n) is 12.5. The fourth-order valence-electron chi connectivity index (χ4n) is 4.70. The van der Waals surface area contributed by atoms with E-state index in [1.165, 1.54) is 10.4 Å². The average molecular weight is 531 g/mol. The molecule has 0 spiro atoms. The number of hydrogen-bond donors (Lipinski definition) is 3. The normalized spacial score (nSPS) is 16.0. The smallest absolute Gasteiger partial charge is 0.404 e. The molecule has 3 N–H and O–H groups in total. The molecule has 1 saturated heterocycles. The molecule has 2 unspecified atom stereocenters. The molecule has 10 nitrogen and oxygen atoms in total. The minimum Gasteiger partial charge on any atom is -0.465 e. The third kappa shape index (κ3) is 6.41. The van der Waals surface area contributed by atoms with E-state index in [4.69, 9.17) is 4.52 Å². The Bertz CT molecular complexity index is 1310. The van der Waals surface area contributed by atoms with Crippen LogP contribution >= 0.6 is 0 Å². The first-order valence-corrected chi connectivity index (χ1v) is 13.9. The number of rotatable bonds is 11. The zero-order valence-electron chi connectivity index (χ0n) is 21.1. The van der Waals surface area contributed by atoms with Crippen LogP contribution in [0.25, 0.3) is 11.0 Å². The molecule has 1 fully saturated rings. The number of carboxylic acid groups (broad SMARTS) is 1. The second kappa shape index (κ2) is 11.5. The summed E-state index contributed by atoms with van der Waals surface area (Å²) in [7, 11) is -4.03. The second-order valence-electron chi connectivity index (χ2n) is 9.89. The summed E-state index contributed by atoms with van der Waals surface area (Å²) < 4.78 is 34.3. The van der Waals surface area contributed by atoms with Gasteiger partial charge in [0.05, 0.1) is 22.4 Å². The van der Waals surface area contributed by atoms with Crippen molar-refractivity contribution in [3.8, 4) is 0 Å². The lowest BCUT2D eigenvalue weighted by Gasteiger charge is -2.30. The Kier molecular flexibility index (Phi) is 8.35. The molecule has 37 heavy (non-hydrogen) atoms. The molecule has 200 valence electrons. The van der Waals surface area contributed by atoms with E-state index in [2.05, 4.69) is 15.4 Å². The minimum absolute atomic E-state index is 0.0264. The molecule has 0 aliphatic carbocycles. The quantitative estimate of drug-likeness (QED) is 0.344. The molecular weight excluding hydrogens is 496 g/mol. The molecule has 0 radical (unpaired) electrons. The van der Waals surface area contributed by atoms with E-state index in [1.807, 2.05) is 44.2 Å². The lowest BCUT2D eigenvalue weighted by Crippen LogP contribution is -2.50. The lowest BCUT2D eigenvalue weighted by atomic mass is 10.0. The summed E-state index contributed by atoms with van der Waals surface area (Å²) in [6, 6.07) is 12.9. The van der Waals surface area contributed by atoms with Crippen molar-refractivity contribution in [1.82, 2.24) is 14.8 Å². The van der Waals surface area contributed by atoms with Gasteiger partial charge in [0.1, 0.15) is 0 Å². The van der Waals surface area contributed by atoms with Crippen LogP contribution in [0.2, 0.25) is 0 Å². The zero-order valence-corrected chi connectivity index (χ0v) is 21.9. The highest BCUT2D eigenvalue weighted by Gasteiger charge is 2.32. The van der Waals surface area contributed by atoms with Gasteiger partial charge in [0, 0.05) is 26.2 Å². The number of aliphatic hydroxyl groups is 1. The van der Waals surface area contributed by atoms with E-state index >= 15 is 0 Å². The van der Waals surface area contributed by atoms with Crippen LogP contribution in [0.15, 0.2) is 57.9 Å². The van der Waals surface area contributed by atoms with Gasteiger partial charge >= 0.3 is 6.09 Å². The van der Waals surface area contributed by atoms with Crippen molar-refractivity contribution in [2.45, 2.75) is 50.2 Å². The Morgan fingerprint density at radius 3 is 2.49 bits per heavy atom. The Labute approximate surface area is 216 Å². The molecule has 11 heteroatoms. The molecule has 1 aliphatic rings. The van der Waals surface area contributed by atoms with Crippen molar-refractivity contribution in [2.75, 3.05) is 31.1 Å². The van der Waals surface area contributed by atoms with E-state index in [9.17, 15) is 23.4 Å². The summed E-state index contributed by atoms with van der Waals surface area (Å²) in [5.74, 6) is 0.607. The first kappa shape index (κ1) is 26.9. The molecular formula is C26H34N4O6S.